The zero-order chi connectivity index (χ0) is 33.2. The molecule has 6 heterocycles. The van der Waals surface area contributed by atoms with Crippen LogP contribution >= 0.6 is 0 Å². The predicted octanol–water partition coefficient (Wildman–Crippen LogP) is 4.93. The van der Waals surface area contributed by atoms with Crippen molar-refractivity contribution in [2.24, 2.45) is 0 Å². The van der Waals surface area contributed by atoms with Crippen LogP contribution in [-0.2, 0) is 0 Å². The van der Waals surface area contributed by atoms with Gasteiger partial charge in [-0.05, 0) is 62.7 Å². The number of terminal acetylenes is 1. The molecule has 0 aliphatic carbocycles. The standard InChI is InChI=1S/C35H33F2N7O4/c1-3-25-27(37)8-7-21-12-24(45)13-26(28(21)25)31-20(2)30-29(33(46)48-31)32(42-10-4-6-23(16-42)44-19-38-18-39-44)41-34(40-30)47-17-35-9-5-11-43(35)15-22(36)14-35/h1,7-8,12-13,18-19,22-23,45H,4-6,9-11,14-17H2,2H3/t22-,23+,35+/m1/s1. The third-order valence-corrected chi connectivity index (χ3v) is 10.1. The van der Waals surface area contributed by atoms with E-state index < -0.39 is 23.2 Å². The van der Waals surface area contributed by atoms with E-state index in [0.717, 1.165) is 32.2 Å². The van der Waals surface area contributed by atoms with Crippen LogP contribution in [0.5, 0.6) is 11.8 Å². The SMILES string of the molecule is C#Cc1c(F)ccc2cc(O)cc(-c3oc(=O)c4c(N5CCC[C@H](n6cncn6)C5)nc(OC[C@@]56CCCN5C[C@H](F)C6)nc4c3C)c12. The molecule has 11 nitrogen and oxygen atoms in total. The molecule has 3 aromatic heterocycles. The number of phenolic OH excluding ortho intramolecular Hbond substituents is 1. The van der Waals surface area contributed by atoms with E-state index in [1.54, 1.807) is 17.9 Å². The van der Waals surface area contributed by atoms with E-state index in [1.165, 1.54) is 30.6 Å². The molecule has 0 saturated carbocycles. The first-order valence-electron chi connectivity index (χ1n) is 16.1. The Morgan fingerprint density at radius 2 is 2.06 bits per heavy atom. The maximum absolute atomic E-state index is 14.9. The molecule has 48 heavy (non-hydrogen) atoms. The van der Waals surface area contributed by atoms with Gasteiger partial charge >= 0.3 is 11.6 Å². The Labute approximate surface area is 274 Å². The molecule has 0 bridgehead atoms. The number of piperidine rings is 1. The van der Waals surface area contributed by atoms with Crippen LogP contribution < -0.4 is 15.3 Å². The van der Waals surface area contributed by atoms with Gasteiger partial charge in [-0.25, -0.2) is 23.2 Å². The topological polar surface area (TPSA) is 123 Å². The predicted molar refractivity (Wildman–Crippen MR) is 174 cm³/mol. The second-order valence-electron chi connectivity index (χ2n) is 13.0. The van der Waals surface area contributed by atoms with Crippen LogP contribution in [-0.4, -0.2) is 79.2 Å². The highest BCUT2D eigenvalue weighted by atomic mass is 19.1. The minimum Gasteiger partial charge on any atom is -0.508 e. The van der Waals surface area contributed by atoms with Gasteiger partial charge in [-0.3, -0.25) is 4.90 Å². The molecule has 0 radical (unpaired) electrons. The highest BCUT2D eigenvalue weighted by Gasteiger charge is 2.49. The van der Waals surface area contributed by atoms with E-state index in [1.807, 2.05) is 4.90 Å². The number of aromatic nitrogens is 5. The molecule has 13 heteroatoms. The molecule has 2 aromatic carbocycles. The third-order valence-electron chi connectivity index (χ3n) is 10.1. The van der Waals surface area contributed by atoms with Crippen molar-refractivity contribution in [2.75, 3.05) is 37.7 Å². The molecule has 0 spiro atoms. The molecule has 3 saturated heterocycles. The van der Waals surface area contributed by atoms with Crippen molar-refractivity contribution < 1.29 is 23.0 Å². The van der Waals surface area contributed by atoms with Gasteiger partial charge in [-0.1, -0.05) is 12.0 Å². The number of halogens is 2. The summed E-state index contributed by atoms with van der Waals surface area (Å²) in [5, 5.41) is 15.9. The van der Waals surface area contributed by atoms with Crippen LogP contribution in [0.4, 0.5) is 14.6 Å². The summed E-state index contributed by atoms with van der Waals surface area (Å²) in [5.74, 6) is 2.12. The van der Waals surface area contributed by atoms with Crippen molar-refractivity contribution >= 4 is 27.5 Å². The molecule has 0 amide bonds. The Balaban J connectivity index is 1.30. The average molecular weight is 654 g/mol. The van der Waals surface area contributed by atoms with Gasteiger partial charge < -0.3 is 19.2 Å². The van der Waals surface area contributed by atoms with E-state index >= 15 is 0 Å². The van der Waals surface area contributed by atoms with Gasteiger partial charge in [0, 0.05) is 42.6 Å². The molecule has 246 valence electrons. The third kappa shape index (κ3) is 4.93. The molecular formula is C35H33F2N7O4. The number of aryl methyl sites for hydroxylation is 1. The first-order valence-corrected chi connectivity index (χ1v) is 16.1. The first-order chi connectivity index (χ1) is 23.2. The fourth-order valence-corrected chi connectivity index (χ4v) is 7.93. The van der Waals surface area contributed by atoms with Crippen molar-refractivity contribution in [3.05, 3.63) is 64.3 Å². The number of rotatable bonds is 6. The summed E-state index contributed by atoms with van der Waals surface area (Å²) in [7, 11) is 0. The molecule has 3 atom stereocenters. The van der Waals surface area contributed by atoms with Gasteiger partial charge in [0.15, 0.2) is 5.82 Å². The monoisotopic (exact) mass is 653 g/mol. The Hall–Kier alpha value is -5.09. The lowest BCUT2D eigenvalue weighted by Crippen LogP contribution is -2.43. The van der Waals surface area contributed by atoms with Crippen molar-refractivity contribution in [1.82, 2.24) is 29.6 Å². The number of phenols is 1. The van der Waals surface area contributed by atoms with Gasteiger partial charge in [0.1, 0.15) is 48.1 Å². The number of aromatic hydroxyl groups is 1. The molecule has 5 aromatic rings. The van der Waals surface area contributed by atoms with Crippen molar-refractivity contribution in [2.45, 2.75) is 56.8 Å². The lowest BCUT2D eigenvalue weighted by Gasteiger charge is -2.34. The van der Waals surface area contributed by atoms with Crippen LogP contribution in [0, 0.1) is 25.1 Å². The fraction of sp³-hybridized carbons (Fsp3) is 0.400. The Morgan fingerprint density at radius 3 is 2.88 bits per heavy atom. The maximum atomic E-state index is 14.9. The zero-order valence-corrected chi connectivity index (χ0v) is 26.3. The zero-order valence-electron chi connectivity index (χ0n) is 26.3. The van der Waals surface area contributed by atoms with Crippen molar-refractivity contribution in [3.63, 3.8) is 0 Å². The number of hydrogen-bond acceptors (Lipinski definition) is 10. The van der Waals surface area contributed by atoms with Crippen LogP contribution in [0.3, 0.4) is 0 Å². The van der Waals surface area contributed by atoms with E-state index in [-0.39, 0.29) is 52.2 Å². The summed E-state index contributed by atoms with van der Waals surface area (Å²) in [6.45, 7) is 4.25. The van der Waals surface area contributed by atoms with Crippen LogP contribution in [0.15, 0.2) is 46.1 Å². The summed E-state index contributed by atoms with van der Waals surface area (Å²) in [6, 6.07) is 5.66. The number of anilines is 1. The normalized spacial score (nSPS) is 22.8. The quantitative estimate of drug-likeness (QED) is 0.253. The minimum absolute atomic E-state index is 0.00954. The van der Waals surface area contributed by atoms with Gasteiger partial charge in [0.05, 0.1) is 22.7 Å². The highest BCUT2D eigenvalue weighted by Crippen LogP contribution is 2.42. The van der Waals surface area contributed by atoms with Crippen LogP contribution in [0.25, 0.3) is 33.0 Å². The van der Waals surface area contributed by atoms with Crippen LogP contribution in [0.2, 0.25) is 0 Å². The molecule has 1 N–H and O–H groups in total. The largest absolute Gasteiger partial charge is 0.508 e. The number of nitrogens with zero attached hydrogens (tertiary/aromatic N) is 7. The van der Waals surface area contributed by atoms with E-state index in [0.29, 0.717) is 48.2 Å². The van der Waals surface area contributed by atoms with Gasteiger partial charge in [0.25, 0.3) is 0 Å². The van der Waals surface area contributed by atoms with Gasteiger partial charge in [0.2, 0.25) is 0 Å². The second-order valence-corrected chi connectivity index (χ2v) is 13.0. The number of ether oxygens (including phenoxy) is 1. The summed E-state index contributed by atoms with van der Waals surface area (Å²) < 4.78 is 43.6. The lowest BCUT2D eigenvalue weighted by molar-refractivity contribution is 0.107. The second kappa shape index (κ2) is 11.6. The van der Waals surface area contributed by atoms with Crippen LogP contribution in [0.1, 0.15) is 49.3 Å². The maximum Gasteiger partial charge on any atom is 0.349 e. The molecular weight excluding hydrogens is 620 g/mol. The molecule has 3 aliphatic rings. The number of alkyl halides is 1. The van der Waals surface area contributed by atoms with Gasteiger partial charge in [-0.2, -0.15) is 15.1 Å². The number of fused-ring (bicyclic) bond motifs is 3. The Bertz CT molecular complexity index is 2170. The lowest BCUT2D eigenvalue weighted by atomic mass is 9.95. The molecule has 0 unspecified atom stereocenters. The van der Waals surface area contributed by atoms with Crippen molar-refractivity contribution in [1.29, 1.82) is 0 Å². The summed E-state index contributed by atoms with van der Waals surface area (Å²) in [6.07, 6.45) is 11.8. The van der Waals surface area contributed by atoms with E-state index in [4.69, 9.17) is 25.5 Å². The van der Waals surface area contributed by atoms with Gasteiger partial charge in [-0.15, -0.1) is 6.42 Å². The highest BCUT2D eigenvalue weighted by molar-refractivity contribution is 6.03. The molecule has 8 rings (SSSR count). The first kappa shape index (κ1) is 30.3. The summed E-state index contributed by atoms with van der Waals surface area (Å²) >= 11 is 0. The Morgan fingerprint density at radius 1 is 1.19 bits per heavy atom. The molecule has 3 fully saturated rings. The van der Waals surface area contributed by atoms with E-state index in [2.05, 4.69) is 20.9 Å². The fourth-order valence-electron chi connectivity index (χ4n) is 7.93. The summed E-state index contributed by atoms with van der Waals surface area (Å²) in [4.78, 5) is 31.9. The Kier molecular flexibility index (Phi) is 7.28. The van der Waals surface area contributed by atoms with Crippen molar-refractivity contribution in [3.8, 4) is 35.4 Å². The summed E-state index contributed by atoms with van der Waals surface area (Å²) in [5.41, 5.74) is -0.175. The number of benzene rings is 2. The minimum atomic E-state index is -0.923. The smallest absolute Gasteiger partial charge is 0.349 e. The average Bonchev–Trinajstić information content (AvgIpc) is 3.82. The number of hydrogen-bond donors (Lipinski definition) is 1. The molecule has 3 aliphatic heterocycles. The van der Waals surface area contributed by atoms with E-state index in [9.17, 15) is 18.7 Å².